The van der Waals surface area contributed by atoms with Gasteiger partial charge < -0.3 is 20.7 Å². The Kier molecular flexibility index (Phi) is 5.47. The highest BCUT2D eigenvalue weighted by Crippen LogP contribution is 2.61. The number of aromatic carboxylic acids is 1. The van der Waals surface area contributed by atoms with E-state index in [2.05, 4.69) is 15.6 Å². The number of benzene rings is 1. The SMILES string of the molecule is O=C(O)c1cccc(NC(=O)c2nc([C@@H]3CCCN3)[nH]c2CCC23CC4CC(CC(C4)C2)C3)c1. The molecule has 0 spiro atoms. The second-order valence-electron chi connectivity index (χ2n) is 11.4. The molecule has 1 saturated heterocycles. The third kappa shape index (κ3) is 4.15. The van der Waals surface area contributed by atoms with Gasteiger partial charge in [0.2, 0.25) is 0 Å². The average Bonchev–Trinajstić information content (AvgIpc) is 3.47. The summed E-state index contributed by atoms with van der Waals surface area (Å²) in [6.07, 6.45) is 12.4. The predicted molar refractivity (Wildman–Crippen MR) is 129 cm³/mol. The van der Waals surface area contributed by atoms with Gasteiger partial charge in [-0.25, -0.2) is 9.78 Å². The molecule has 1 aromatic carbocycles. The smallest absolute Gasteiger partial charge is 0.335 e. The monoisotopic (exact) mass is 462 g/mol. The van der Waals surface area contributed by atoms with Crippen LogP contribution in [0.3, 0.4) is 0 Å². The van der Waals surface area contributed by atoms with Crippen LogP contribution in [0.1, 0.15) is 96.2 Å². The summed E-state index contributed by atoms with van der Waals surface area (Å²) in [5.74, 6) is 2.30. The van der Waals surface area contributed by atoms with E-state index in [0.717, 1.165) is 61.5 Å². The minimum absolute atomic E-state index is 0.151. The number of imidazole rings is 1. The number of carbonyl (C=O) groups is 2. The molecule has 4 aliphatic carbocycles. The maximum Gasteiger partial charge on any atom is 0.335 e. The first-order valence-electron chi connectivity index (χ1n) is 12.9. The van der Waals surface area contributed by atoms with E-state index in [-0.39, 0.29) is 17.5 Å². The van der Waals surface area contributed by atoms with Gasteiger partial charge in [0.25, 0.3) is 5.91 Å². The lowest BCUT2D eigenvalue weighted by Crippen LogP contribution is -2.46. The van der Waals surface area contributed by atoms with E-state index in [1.807, 2.05) is 0 Å². The number of nitrogens with one attached hydrogen (secondary N) is 3. The van der Waals surface area contributed by atoms with E-state index < -0.39 is 5.97 Å². The second-order valence-corrected chi connectivity index (χ2v) is 11.4. The number of carbonyl (C=O) groups excluding carboxylic acids is 1. The van der Waals surface area contributed by atoms with Crippen LogP contribution in [0, 0.1) is 23.2 Å². The molecule has 1 amide bonds. The number of hydrogen-bond acceptors (Lipinski definition) is 4. The molecular weight excluding hydrogens is 428 g/mol. The molecule has 2 heterocycles. The molecule has 34 heavy (non-hydrogen) atoms. The van der Waals surface area contributed by atoms with Crippen molar-refractivity contribution in [3.63, 3.8) is 0 Å². The van der Waals surface area contributed by atoms with Gasteiger partial charge in [0.05, 0.1) is 11.6 Å². The van der Waals surface area contributed by atoms with Crippen LogP contribution >= 0.6 is 0 Å². The van der Waals surface area contributed by atoms with Gasteiger partial charge in [-0.2, -0.15) is 0 Å². The Morgan fingerprint density at radius 3 is 2.50 bits per heavy atom. The normalized spacial score (nSPS) is 31.6. The molecule has 5 fully saturated rings. The van der Waals surface area contributed by atoms with Crippen LogP contribution in [-0.4, -0.2) is 33.5 Å². The van der Waals surface area contributed by atoms with E-state index in [4.69, 9.17) is 4.98 Å². The molecule has 0 unspecified atom stereocenters. The van der Waals surface area contributed by atoms with Gasteiger partial charge in [-0.3, -0.25) is 4.79 Å². The maximum absolute atomic E-state index is 13.3. The van der Waals surface area contributed by atoms with Gasteiger partial charge in [-0.1, -0.05) is 6.07 Å². The molecule has 7 heteroatoms. The molecule has 2 aromatic rings. The van der Waals surface area contributed by atoms with Gasteiger partial charge in [-0.05, 0) is 112 Å². The predicted octanol–water partition coefficient (Wildman–Crippen LogP) is 4.93. The summed E-state index contributed by atoms with van der Waals surface area (Å²) < 4.78 is 0. The van der Waals surface area contributed by atoms with Crippen LogP contribution in [-0.2, 0) is 6.42 Å². The molecule has 1 aromatic heterocycles. The Hall–Kier alpha value is -2.67. The van der Waals surface area contributed by atoms with Crippen LogP contribution in [0.15, 0.2) is 24.3 Å². The lowest BCUT2D eigenvalue weighted by Gasteiger charge is -2.57. The van der Waals surface area contributed by atoms with Crippen molar-refractivity contribution in [2.24, 2.45) is 23.2 Å². The number of aromatic nitrogens is 2. The Bertz CT molecular complexity index is 1070. The first-order chi connectivity index (χ1) is 16.5. The van der Waals surface area contributed by atoms with E-state index in [1.54, 1.807) is 12.1 Å². The highest BCUT2D eigenvalue weighted by molar-refractivity contribution is 6.04. The first kappa shape index (κ1) is 21.8. The Labute approximate surface area is 200 Å². The number of amides is 1. The fourth-order valence-corrected chi connectivity index (χ4v) is 7.79. The lowest BCUT2D eigenvalue weighted by atomic mass is 9.48. The number of carboxylic acid groups (broad SMARTS) is 1. The van der Waals surface area contributed by atoms with Crippen LogP contribution in [0.4, 0.5) is 5.69 Å². The summed E-state index contributed by atoms with van der Waals surface area (Å²) in [4.78, 5) is 32.9. The highest BCUT2D eigenvalue weighted by Gasteiger charge is 2.50. The molecule has 5 aliphatic rings. The maximum atomic E-state index is 13.3. The molecule has 1 aliphatic heterocycles. The number of rotatable bonds is 7. The molecule has 7 rings (SSSR count). The molecule has 0 radical (unpaired) electrons. The summed E-state index contributed by atoms with van der Waals surface area (Å²) in [5.41, 5.74) is 2.44. The van der Waals surface area contributed by atoms with Crippen molar-refractivity contribution < 1.29 is 14.7 Å². The van der Waals surface area contributed by atoms with Crippen LogP contribution in [0.25, 0.3) is 0 Å². The number of nitrogens with zero attached hydrogens (tertiary/aromatic N) is 1. The Morgan fingerprint density at radius 1 is 1.12 bits per heavy atom. The molecule has 1 atom stereocenters. The standard InChI is InChI=1S/C27H34N4O3/c32-25(29-20-4-1-3-19(12-20)26(33)34)23-21(30-24(31-23)22-5-2-8-28-22)6-7-27-13-16-9-17(14-27)11-18(10-16)15-27/h1,3-4,12,16-18,22,28H,2,5-11,13-15H2,(H,29,32)(H,30,31)(H,33,34)/t16?,17?,18?,22-,27?/m0/s1. The lowest BCUT2D eigenvalue weighted by molar-refractivity contribution is -0.0570. The topological polar surface area (TPSA) is 107 Å². The van der Waals surface area contributed by atoms with E-state index in [9.17, 15) is 14.7 Å². The molecule has 180 valence electrons. The van der Waals surface area contributed by atoms with Crippen molar-refractivity contribution in [2.75, 3.05) is 11.9 Å². The minimum Gasteiger partial charge on any atom is -0.478 e. The van der Waals surface area contributed by atoms with Crippen molar-refractivity contribution in [1.82, 2.24) is 15.3 Å². The largest absolute Gasteiger partial charge is 0.478 e. The number of hydrogen-bond donors (Lipinski definition) is 4. The number of anilines is 1. The summed E-state index contributed by atoms with van der Waals surface area (Å²) in [7, 11) is 0. The zero-order valence-electron chi connectivity index (χ0n) is 19.6. The average molecular weight is 463 g/mol. The third-order valence-electron chi connectivity index (χ3n) is 8.84. The molecule has 4 saturated carbocycles. The van der Waals surface area contributed by atoms with Gasteiger partial charge >= 0.3 is 5.97 Å². The van der Waals surface area contributed by atoms with Crippen molar-refractivity contribution in [1.29, 1.82) is 0 Å². The third-order valence-corrected chi connectivity index (χ3v) is 8.84. The Balaban J connectivity index is 1.23. The Morgan fingerprint density at radius 2 is 1.85 bits per heavy atom. The van der Waals surface area contributed by atoms with Crippen molar-refractivity contribution >= 4 is 17.6 Å². The van der Waals surface area contributed by atoms with Crippen LogP contribution < -0.4 is 10.6 Å². The van der Waals surface area contributed by atoms with Crippen molar-refractivity contribution in [3.8, 4) is 0 Å². The number of aromatic amines is 1. The summed E-state index contributed by atoms with van der Waals surface area (Å²) >= 11 is 0. The summed E-state index contributed by atoms with van der Waals surface area (Å²) in [5, 5.41) is 15.6. The summed E-state index contributed by atoms with van der Waals surface area (Å²) in [6.45, 7) is 0.970. The molecular formula is C27H34N4O3. The van der Waals surface area contributed by atoms with Gasteiger partial charge in [0.1, 0.15) is 11.5 Å². The zero-order valence-corrected chi connectivity index (χ0v) is 19.6. The minimum atomic E-state index is -1.01. The number of carboxylic acids is 1. The van der Waals surface area contributed by atoms with Crippen molar-refractivity contribution in [2.45, 2.75) is 70.3 Å². The fraction of sp³-hybridized carbons (Fsp3) is 0.593. The molecule has 7 nitrogen and oxygen atoms in total. The van der Waals surface area contributed by atoms with E-state index >= 15 is 0 Å². The van der Waals surface area contributed by atoms with Gasteiger partial charge in [0.15, 0.2) is 0 Å². The quantitative estimate of drug-likeness (QED) is 0.467. The molecule has 4 bridgehead atoms. The fourth-order valence-electron chi connectivity index (χ4n) is 7.79. The van der Waals surface area contributed by atoms with E-state index in [1.165, 1.54) is 50.7 Å². The van der Waals surface area contributed by atoms with Crippen LogP contribution in [0.2, 0.25) is 0 Å². The second kappa shape index (κ2) is 8.52. The summed E-state index contributed by atoms with van der Waals surface area (Å²) in [6, 6.07) is 6.53. The van der Waals surface area contributed by atoms with Crippen molar-refractivity contribution in [3.05, 3.63) is 47.0 Å². The number of aryl methyl sites for hydroxylation is 1. The van der Waals surface area contributed by atoms with E-state index in [0.29, 0.717) is 16.8 Å². The highest BCUT2D eigenvalue weighted by atomic mass is 16.4. The van der Waals surface area contributed by atoms with Gasteiger partial charge in [-0.15, -0.1) is 0 Å². The first-order valence-corrected chi connectivity index (χ1v) is 12.9. The van der Waals surface area contributed by atoms with Gasteiger partial charge in [0, 0.05) is 11.4 Å². The number of H-pyrrole nitrogens is 1. The van der Waals surface area contributed by atoms with Crippen LogP contribution in [0.5, 0.6) is 0 Å². The molecule has 4 N–H and O–H groups in total. The zero-order chi connectivity index (χ0) is 23.3.